The van der Waals surface area contributed by atoms with Crippen molar-refractivity contribution >= 4 is 0 Å². The normalized spacial score (nSPS) is 31.9. The summed E-state index contributed by atoms with van der Waals surface area (Å²) in [7, 11) is 0. The molecule has 0 aromatic rings. The van der Waals surface area contributed by atoms with Gasteiger partial charge in [0.15, 0.2) is 0 Å². The van der Waals surface area contributed by atoms with E-state index in [0.717, 1.165) is 25.7 Å². The molecule has 1 saturated heterocycles. The van der Waals surface area contributed by atoms with Gasteiger partial charge < -0.3 is 9.84 Å². The van der Waals surface area contributed by atoms with Gasteiger partial charge in [0.25, 0.3) is 0 Å². The molecule has 1 unspecified atom stereocenters. The Morgan fingerprint density at radius 2 is 2.24 bits per heavy atom. The summed E-state index contributed by atoms with van der Waals surface area (Å²) in [5.41, 5.74) is 0.293. The molecule has 0 amide bonds. The van der Waals surface area contributed by atoms with Crippen molar-refractivity contribution in [3.63, 3.8) is 0 Å². The van der Waals surface area contributed by atoms with E-state index in [1.165, 1.54) is 5.57 Å². The van der Waals surface area contributed by atoms with Gasteiger partial charge in [-0.2, -0.15) is 0 Å². The van der Waals surface area contributed by atoms with E-state index in [2.05, 4.69) is 26.5 Å². The Hall–Kier alpha value is -0.600. The maximum Gasteiger partial charge on any atom is 0.0883 e. The third kappa shape index (κ3) is 3.97. The zero-order valence-electron chi connectivity index (χ0n) is 11.6. The van der Waals surface area contributed by atoms with Crippen LogP contribution in [0.3, 0.4) is 0 Å². The lowest BCUT2D eigenvalue weighted by Gasteiger charge is -2.31. The predicted molar refractivity (Wildman–Crippen MR) is 72.0 cm³/mol. The molecule has 0 aliphatic carbocycles. The van der Waals surface area contributed by atoms with Gasteiger partial charge in [-0.25, -0.2) is 0 Å². The smallest absolute Gasteiger partial charge is 0.0883 e. The molecule has 1 heterocycles. The molecule has 1 N–H and O–H groups in total. The van der Waals surface area contributed by atoms with Gasteiger partial charge >= 0.3 is 0 Å². The Labute approximate surface area is 105 Å². The lowest BCUT2D eigenvalue weighted by Crippen LogP contribution is -2.40. The van der Waals surface area contributed by atoms with Gasteiger partial charge in [0.1, 0.15) is 0 Å². The molecule has 0 aromatic heterocycles. The Bertz CT molecular complexity index is 300. The average Bonchev–Trinajstić information content (AvgIpc) is 2.62. The van der Waals surface area contributed by atoms with Crippen molar-refractivity contribution in [2.24, 2.45) is 0 Å². The van der Waals surface area contributed by atoms with E-state index >= 15 is 0 Å². The topological polar surface area (TPSA) is 29.5 Å². The van der Waals surface area contributed by atoms with Crippen molar-refractivity contribution in [2.75, 3.05) is 0 Å². The second kappa shape index (κ2) is 5.36. The first kappa shape index (κ1) is 14.5. The molecule has 0 spiro atoms. The number of allylic oxidation sites excluding steroid dienone is 2. The fraction of sp³-hybridized carbons (Fsp3) is 0.733. The first-order valence-corrected chi connectivity index (χ1v) is 6.46. The number of aliphatic hydroxyl groups is 1. The van der Waals surface area contributed by atoms with E-state index in [1.807, 2.05) is 19.9 Å². The molecule has 17 heavy (non-hydrogen) atoms. The molecule has 0 bridgehead atoms. The van der Waals surface area contributed by atoms with Gasteiger partial charge in [-0.1, -0.05) is 17.7 Å². The lowest BCUT2D eigenvalue weighted by molar-refractivity contribution is -0.112. The Morgan fingerprint density at radius 3 is 2.71 bits per heavy atom. The van der Waals surface area contributed by atoms with Gasteiger partial charge in [0.05, 0.1) is 17.3 Å². The van der Waals surface area contributed by atoms with Crippen LogP contribution >= 0.6 is 0 Å². The van der Waals surface area contributed by atoms with Crippen molar-refractivity contribution in [1.82, 2.24) is 0 Å². The highest BCUT2D eigenvalue weighted by atomic mass is 16.5. The summed E-state index contributed by atoms with van der Waals surface area (Å²) in [4.78, 5) is 0. The maximum absolute atomic E-state index is 10.5. The van der Waals surface area contributed by atoms with Crippen LogP contribution in [-0.4, -0.2) is 22.4 Å². The fourth-order valence-corrected chi connectivity index (χ4v) is 2.26. The van der Waals surface area contributed by atoms with Crippen LogP contribution in [-0.2, 0) is 4.74 Å². The van der Waals surface area contributed by atoms with Crippen LogP contribution in [0.2, 0.25) is 0 Å². The second-order valence-corrected chi connectivity index (χ2v) is 5.84. The van der Waals surface area contributed by atoms with Crippen LogP contribution in [0, 0.1) is 0 Å². The summed E-state index contributed by atoms with van der Waals surface area (Å²) in [5.74, 6) is 0. The first-order valence-electron chi connectivity index (χ1n) is 6.46. The van der Waals surface area contributed by atoms with E-state index < -0.39 is 5.60 Å². The molecular formula is C15H26O2. The molecule has 1 rings (SSSR count). The Morgan fingerprint density at radius 1 is 1.59 bits per heavy atom. The van der Waals surface area contributed by atoms with Crippen LogP contribution in [0.15, 0.2) is 24.3 Å². The van der Waals surface area contributed by atoms with Gasteiger partial charge in [-0.05, 0) is 53.4 Å². The highest BCUT2D eigenvalue weighted by Crippen LogP contribution is 2.37. The van der Waals surface area contributed by atoms with Gasteiger partial charge in [0.2, 0.25) is 0 Å². The fourth-order valence-electron chi connectivity index (χ4n) is 2.26. The van der Waals surface area contributed by atoms with Crippen LogP contribution in [0.4, 0.5) is 0 Å². The summed E-state index contributed by atoms with van der Waals surface area (Å²) in [6.07, 6.45) is 7.44. The number of hydrogen-bond acceptors (Lipinski definition) is 2. The summed E-state index contributed by atoms with van der Waals surface area (Å²) >= 11 is 0. The van der Waals surface area contributed by atoms with Crippen LogP contribution in [0.25, 0.3) is 0 Å². The minimum atomic E-state index is -0.743. The summed E-state index contributed by atoms with van der Waals surface area (Å²) in [6, 6.07) is 0. The number of rotatable bonds is 5. The minimum Gasteiger partial charge on any atom is -0.387 e. The third-order valence-electron chi connectivity index (χ3n) is 3.64. The van der Waals surface area contributed by atoms with E-state index in [1.54, 1.807) is 0 Å². The zero-order chi connectivity index (χ0) is 13.1. The molecule has 3 atom stereocenters. The maximum atomic E-state index is 10.5. The SMILES string of the molecule is C=C[C@]1(C)CCC([C@@](C)(O)CCC=C(C)C)O1. The predicted octanol–water partition coefficient (Wildman–Crippen LogP) is 3.61. The van der Waals surface area contributed by atoms with E-state index in [0.29, 0.717) is 0 Å². The molecule has 2 heteroatoms. The van der Waals surface area contributed by atoms with Crippen LogP contribution in [0.5, 0.6) is 0 Å². The number of hydrogen-bond donors (Lipinski definition) is 1. The second-order valence-electron chi connectivity index (χ2n) is 5.84. The minimum absolute atomic E-state index is 0.0731. The number of ether oxygens (including phenoxy) is 1. The highest BCUT2D eigenvalue weighted by molar-refractivity contribution is 5.03. The van der Waals surface area contributed by atoms with E-state index in [9.17, 15) is 5.11 Å². The summed E-state index contributed by atoms with van der Waals surface area (Å²) in [5, 5.41) is 10.5. The standard InChI is InChI=1S/C15H26O2/c1-6-14(4)11-9-13(17-14)15(5,16)10-7-8-12(2)3/h6,8,13,16H,1,7,9-11H2,2-5H3/t13?,14-,15+/m1/s1. The summed E-state index contributed by atoms with van der Waals surface area (Å²) < 4.78 is 5.93. The Balaban J connectivity index is 2.54. The van der Waals surface area contributed by atoms with E-state index in [-0.39, 0.29) is 11.7 Å². The van der Waals surface area contributed by atoms with Gasteiger partial charge in [0, 0.05) is 0 Å². The zero-order valence-corrected chi connectivity index (χ0v) is 11.6. The van der Waals surface area contributed by atoms with E-state index in [4.69, 9.17) is 4.74 Å². The molecule has 0 aromatic carbocycles. The third-order valence-corrected chi connectivity index (χ3v) is 3.64. The quantitative estimate of drug-likeness (QED) is 0.741. The molecule has 98 valence electrons. The van der Waals surface area contributed by atoms with Crippen molar-refractivity contribution < 1.29 is 9.84 Å². The van der Waals surface area contributed by atoms with Crippen molar-refractivity contribution in [3.8, 4) is 0 Å². The molecule has 2 nitrogen and oxygen atoms in total. The Kier molecular flexibility index (Phi) is 4.56. The van der Waals surface area contributed by atoms with Gasteiger partial charge in [-0.15, -0.1) is 6.58 Å². The first-order chi connectivity index (χ1) is 7.79. The lowest BCUT2D eigenvalue weighted by atomic mass is 9.90. The van der Waals surface area contributed by atoms with Crippen molar-refractivity contribution in [2.45, 2.75) is 70.7 Å². The van der Waals surface area contributed by atoms with Crippen LogP contribution < -0.4 is 0 Å². The monoisotopic (exact) mass is 238 g/mol. The van der Waals surface area contributed by atoms with Crippen LogP contribution in [0.1, 0.15) is 53.4 Å². The highest BCUT2D eigenvalue weighted by Gasteiger charge is 2.42. The van der Waals surface area contributed by atoms with Crippen molar-refractivity contribution in [3.05, 3.63) is 24.3 Å². The molecule has 1 fully saturated rings. The molecule has 0 radical (unpaired) electrons. The molecule has 1 aliphatic rings. The molecule has 0 saturated carbocycles. The molecular weight excluding hydrogens is 212 g/mol. The molecule has 1 aliphatic heterocycles. The average molecular weight is 238 g/mol. The summed E-state index contributed by atoms with van der Waals surface area (Å²) in [6.45, 7) is 11.9. The van der Waals surface area contributed by atoms with Crippen molar-refractivity contribution in [1.29, 1.82) is 0 Å². The van der Waals surface area contributed by atoms with Gasteiger partial charge in [-0.3, -0.25) is 0 Å². The largest absolute Gasteiger partial charge is 0.387 e.